The van der Waals surface area contributed by atoms with Crippen LogP contribution in [0.25, 0.3) is 0 Å². The molecule has 1 atom stereocenters. The lowest BCUT2D eigenvalue weighted by Gasteiger charge is -2.30. The number of carboxylic acids is 1. The van der Waals surface area contributed by atoms with Gasteiger partial charge in [-0.05, 0) is 47.5 Å². The smallest absolute Gasteiger partial charge is 0.339 e. The molecule has 0 fully saturated rings. The molecule has 1 unspecified atom stereocenters. The monoisotopic (exact) mass is 475 g/mol. The number of aromatic carboxylic acids is 1. The maximum absolute atomic E-state index is 13.6. The van der Waals surface area contributed by atoms with Gasteiger partial charge in [0.1, 0.15) is 11.3 Å². The number of sulfonamides is 1. The Morgan fingerprint density at radius 2 is 1.72 bits per heavy atom. The molecule has 0 saturated carbocycles. The van der Waals surface area contributed by atoms with Gasteiger partial charge in [-0.1, -0.05) is 48.0 Å². The van der Waals surface area contributed by atoms with Crippen LogP contribution in [0.1, 0.15) is 27.5 Å². The number of ether oxygens (including phenoxy) is 1. The summed E-state index contributed by atoms with van der Waals surface area (Å²) in [6.45, 7) is -0.662. The molecule has 0 aliphatic carbocycles. The Kier molecular flexibility index (Phi) is 7.52. The van der Waals surface area contributed by atoms with E-state index in [1.807, 2.05) is 0 Å². The predicted octanol–water partition coefficient (Wildman–Crippen LogP) is 3.97. The zero-order chi connectivity index (χ0) is 23.3. The lowest BCUT2D eigenvalue weighted by molar-refractivity contribution is 0.0693. The first kappa shape index (κ1) is 23.7. The average molecular weight is 476 g/mol. The number of carboxylic acid groups (broad SMARTS) is 1. The second-order valence-electron chi connectivity index (χ2n) is 6.95. The van der Waals surface area contributed by atoms with Crippen molar-refractivity contribution in [2.75, 3.05) is 13.7 Å². The van der Waals surface area contributed by atoms with Crippen LogP contribution in [0.4, 0.5) is 0 Å². The van der Waals surface area contributed by atoms with Crippen molar-refractivity contribution in [1.82, 2.24) is 4.31 Å². The van der Waals surface area contributed by atoms with E-state index in [-0.39, 0.29) is 22.8 Å². The third-order valence-electron chi connectivity index (χ3n) is 4.96. The van der Waals surface area contributed by atoms with Gasteiger partial charge in [0.15, 0.2) is 0 Å². The van der Waals surface area contributed by atoms with Gasteiger partial charge in [0.25, 0.3) is 0 Å². The van der Waals surface area contributed by atoms with E-state index in [9.17, 15) is 23.4 Å². The Bertz CT molecular complexity index is 1180. The molecule has 3 rings (SSSR count). The highest BCUT2D eigenvalue weighted by atomic mass is 35.5. The van der Waals surface area contributed by atoms with Crippen molar-refractivity contribution in [2.24, 2.45) is 0 Å². The maximum Gasteiger partial charge on any atom is 0.339 e. The van der Waals surface area contributed by atoms with Gasteiger partial charge in [-0.3, -0.25) is 0 Å². The molecule has 9 heteroatoms. The molecule has 3 aromatic carbocycles. The predicted molar refractivity (Wildman–Crippen MR) is 120 cm³/mol. The first-order chi connectivity index (χ1) is 15.3. The van der Waals surface area contributed by atoms with Gasteiger partial charge in [-0.15, -0.1) is 0 Å². The van der Waals surface area contributed by atoms with Crippen LogP contribution in [0.5, 0.6) is 5.75 Å². The van der Waals surface area contributed by atoms with Crippen LogP contribution >= 0.6 is 11.6 Å². The van der Waals surface area contributed by atoms with Gasteiger partial charge in [0.2, 0.25) is 10.0 Å². The molecule has 0 radical (unpaired) electrons. The number of halogens is 1. The van der Waals surface area contributed by atoms with Gasteiger partial charge in [0.05, 0.1) is 24.7 Å². The minimum absolute atomic E-state index is 0.0550. The Morgan fingerprint density at radius 3 is 2.28 bits per heavy atom. The lowest BCUT2D eigenvalue weighted by Crippen LogP contribution is -2.36. The number of rotatable bonds is 9. The van der Waals surface area contributed by atoms with E-state index < -0.39 is 28.6 Å². The second-order valence-corrected chi connectivity index (χ2v) is 9.28. The fraction of sp³-hybridized carbons (Fsp3) is 0.174. The number of carbonyl (C=O) groups is 1. The SMILES string of the molecule is COc1ccc(CN(C(CO)c2ccc(Cl)cc2)S(=O)(=O)c2ccccc2)cc1C(=O)O. The van der Waals surface area contributed by atoms with E-state index in [4.69, 9.17) is 16.3 Å². The summed E-state index contributed by atoms with van der Waals surface area (Å²) < 4.78 is 33.4. The van der Waals surface area contributed by atoms with Gasteiger partial charge in [0, 0.05) is 11.6 Å². The molecular formula is C23H22ClNO6S. The summed E-state index contributed by atoms with van der Waals surface area (Å²) in [6, 6.07) is 17.9. The van der Waals surface area contributed by atoms with Gasteiger partial charge < -0.3 is 14.9 Å². The summed E-state index contributed by atoms with van der Waals surface area (Å²) in [5.41, 5.74) is 0.882. The van der Waals surface area contributed by atoms with E-state index in [0.717, 1.165) is 4.31 Å². The van der Waals surface area contributed by atoms with E-state index in [1.54, 1.807) is 48.5 Å². The lowest BCUT2D eigenvalue weighted by atomic mass is 10.1. The number of hydrogen-bond acceptors (Lipinski definition) is 5. The standard InChI is InChI=1S/C23H22ClNO6S/c1-31-22-12-7-16(13-20(22)23(27)28)14-25(32(29,30)19-5-3-2-4-6-19)21(15-26)17-8-10-18(24)11-9-17/h2-13,21,26H,14-15H2,1H3,(H,27,28). The Balaban J connectivity index is 2.11. The fourth-order valence-corrected chi connectivity index (χ4v) is 5.08. The van der Waals surface area contributed by atoms with Crippen molar-refractivity contribution < 1.29 is 28.2 Å². The van der Waals surface area contributed by atoms with Crippen molar-refractivity contribution in [2.45, 2.75) is 17.5 Å². The van der Waals surface area contributed by atoms with Gasteiger partial charge in [-0.25, -0.2) is 13.2 Å². The van der Waals surface area contributed by atoms with Gasteiger partial charge in [-0.2, -0.15) is 4.31 Å². The van der Waals surface area contributed by atoms with E-state index in [0.29, 0.717) is 16.1 Å². The molecule has 32 heavy (non-hydrogen) atoms. The first-order valence-electron chi connectivity index (χ1n) is 9.61. The highest BCUT2D eigenvalue weighted by Crippen LogP contribution is 2.31. The van der Waals surface area contributed by atoms with Crippen LogP contribution in [0.3, 0.4) is 0 Å². The summed E-state index contributed by atoms with van der Waals surface area (Å²) in [6.07, 6.45) is 0. The molecule has 0 saturated heterocycles. The second kappa shape index (κ2) is 10.1. The summed E-state index contributed by atoms with van der Waals surface area (Å²) in [5, 5.41) is 20.1. The Labute approximate surface area is 191 Å². The first-order valence-corrected chi connectivity index (χ1v) is 11.4. The summed E-state index contributed by atoms with van der Waals surface area (Å²) in [5.74, 6) is -1.03. The number of nitrogens with zero attached hydrogens (tertiary/aromatic N) is 1. The van der Waals surface area contributed by atoms with Crippen LogP contribution in [-0.2, 0) is 16.6 Å². The molecule has 2 N–H and O–H groups in total. The maximum atomic E-state index is 13.6. The number of aliphatic hydroxyl groups excluding tert-OH is 1. The van der Waals surface area contributed by atoms with E-state index >= 15 is 0 Å². The van der Waals surface area contributed by atoms with Crippen molar-refractivity contribution in [3.63, 3.8) is 0 Å². The quantitative estimate of drug-likeness (QED) is 0.485. The van der Waals surface area contributed by atoms with Crippen molar-refractivity contribution >= 4 is 27.6 Å². The van der Waals surface area contributed by atoms with Crippen LogP contribution in [-0.4, -0.2) is 42.6 Å². The highest BCUT2D eigenvalue weighted by molar-refractivity contribution is 7.89. The van der Waals surface area contributed by atoms with E-state index in [1.165, 1.54) is 31.4 Å². The topological polar surface area (TPSA) is 104 Å². The minimum Gasteiger partial charge on any atom is -0.496 e. The summed E-state index contributed by atoms with van der Waals surface area (Å²) in [7, 11) is -2.70. The Hall–Kier alpha value is -2.91. The van der Waals surface area contributed by atoms with E-state index in [2.05, 4.69) is 0 Å². The fourth-order valence-electron chi connectivity index (χ4n) is 3.34. The third kappa shape index (κ3) is 5.11. The number of methoxy groups -OCH3 is 1. The van der Waals surface area contributed by atoms with Crippen molar-refractivity contribution in [1.29, 1.82) is 0 Å². The zero-order valence-corrected chi connectivity index (χ0v) is 18.8. The molecule has 0 aliphatic heterocycles. The molecule has 0 aliphatic rings. The van der Waals surface area contributed by atoms with Crippen LogP contribution < -0.4 is 4.74 Å². The molecule has 0 bridgehead atoms. The van der Waals surface area contributed by atoms with Crippen LogP contribution in [0.15, 0.2) is 77.7 Å². The largest absolute Gasteiger partial charge is 0.496 e. The average Bonchev–Trinajstić information content (AvgIpc) is 2.80. The van der Waals surface area contributed by atoms with Crippen LogP contribution in [0.2, 0.25) is 5.02 Å². The molecular weight excluding hydrogens is 454 g/mol. The molecule has 7 nitrogen and oxygen atoms in total. The summed E-state index contributed by atoms with van der Waals surface area (Å²) >= 11 is 5.97. The van der Waals surface area contributed by atoms with Gasteiger partial charge >= 0.3 is 5.97 Å². The molecule has 0 heterocycles. The molecule has 3 aromatic rings. The number of benzene rings is 3. The third-order valence-corrected chi connectivity index (χ3v) is 7.08. The normalized spacial score (nSPS) is 12.5. The Morgan fingerprint density at radius 1 is 1.06 bits per heavy atom. The highest BCUT2D eigenvalue weighted by Gasteiger charge is 2.32. The molecule has 0 aromatic heterocycles. The zero-order valence-electron chi connectivity index (χ0n) is 17.2. The molecule has 0 spiro atoms. The van der Waals surface area contributed by atoms with Crippen molar-refractivity contribution in [3.8, 4) is 5.75 Å². The molecule has 0 amide bonds. The summed E-state index contributed by atoms with van der Waals surface area (Å²) in [4.78, 5) is 11.7. The van der Waals surface area contributed by atoms with Crippen molar-refractivity contribution in [3.05, 3.63) is 94.5 Å². The number of aliphatic hydroxyl groups is 1. The molecule has 168 valence electrons. The minimum atomic E-state index is -4.06. The van der Waals surface area contributed by atoms with Crippen LogP contribution in [0, 0.1) is 0 Å². The number of hydrogen-bond donors (Lipinski definition) is 2.